The maximum Gasteiger partial charge on any atom is 0.142 e. The van der Waals surface area contributed by atoms with Crippen molar-refractivity contribution in [2.75, 3.05) is 11.9 Å². The summed E-state index contributed by atoms with van der Waals surface area (Å²) in [6.07, 6.45) is 0. The van der Waals surface area contributed by atoms with Crippen LogP contribution in [0.1, 0.15) is 32.4 Å². The second-order valence-corrected chi connectivity index (χ2v) is 5.59. The summed E-state index contributed by atoms with van der Waals surface area (Å²) in [4.78, 5) is 0. The Balaban J connectivity index is 2.14. The Kier molecular flexibility index (Phi) is 5.20. The molecular formula is C18H22FNO. The van der Waals surface area contributed by atoms with E-state index in [9.17, 15) is 4.39 Å². The molecular weight excluding hydrogens is 265 g/mol. The lowest BCUT2D eigenvalue weighted by Crippen LogP contribution is -2.11. The molecule has 0 aromatic heterocycles. The summed E-state index contributed by atoms with van der Waals surface area (Å²) < 4.78 is 19.6. The third-order valence-electron chi connectivity index (χ3n) is 3.20. The maximum atomic E-state index is 13.8. The second kappa shape index (κ2) is 7.11. The minimum atomic E-state index is -0.196. The molecule has 2 aromatic rings. The summed E-state index contributed by atoms with van der Waals surface area (Å²) in [7, 11) is 0. The number of nitrogens with one attached hydrogen (secondary N) is 1. The van der Waals surface area contributed by atoms with Crippen LogP contribution in [0.25, 0.3) is 0 Å². The van der Waals surface area contributed by atoms with Crippen LogP contribution in [0.3, 0.4) is 0 Å². The largest absolute Gasteiger partial charge is 0.491 e. The average Bonchev–Trinajstić information content (AvgIpc) is 2.46. The zero-order valence-corrected chi connectivity index (χ0v) is 12.8. The number of benzene rings is 2. The van der Waals surface area contributed by atoms with Gasteiger partial charge in [-0.05, 0) is 31.0 Å². The van der Waals surface area contributed by atoms with Crippen molar-refractivity contribution in [1.29, 1.82) is 0 Å². The molecule has 1 N–H and O–H groups in total. The number of ether oxygens (including phenoxy) is 1. The van der Waals surface area contributed by atoms with Gasteiger partial charge in [-0.3, -0.25) is 0 Å². The first kappa shape index (κ1) is 15.4. The van der Waals surface area contributed by atoms with E-state index in [2.05, 4.69) is 19.2 Å². The van der Waals surface area contributed by atoms with Gasteiger partial charge in [0.1, 0.15) is 11.6 Å². The van der Waals surface area contributed by atoms with Crippen molar-refractivity contribution in [3.63, 3.8) is 0 Å². The van der Waals surface area contributed by atoms with Gasteiger partial charge >= 0.3 is 0 Å². The number of halogens is 1. The molecule has 0 saturated carbocycles. The van der Waals surface area contributed by atoms with Crippen LogP contribution in [0.2, 0.25) is 0 Å². The number of hydrogen-bond acceptors (Lipinski definition) is 2. The normalized spacial score (nSPS) is 12.2. The molecule has 112 valence electrons. The summed E-state index contributed by atoms with van der Waals surface area (Å²) in [5.74, 6) is 1.06. The van der Waals surface area contributed by atoms with Crippen molar-refractivity contribution in [1.82, 2.24) is 0 Å². The van der Waals surface area contributed by atoms with Gasteiger partial charge in [-0.2, -0.15) is 0 Å². The predicted molar refractivity (Wildman–Crippen MR) is 85.2 cm³/mol. The third kappa shape index (κ3) is 4.22. The molecule has 2 aromatic carbocycles. The van der Waals surface area contributed by atoms with E-state index in [4.69, 9.17) is 4.74 Å². The van der Waals surface area contributed by atoms with Gasteiger partial charge in [0.05, 0.1) is 18.3 Å². The fraction of sp³-hybridized carbons (Fsp3) is 0.333. The van der Waals surface area contributed by atoms with E-state index in [1.165, 1.54) is 6.07 Å². The van der Waals surface area contributed by atoms with Crippen LogP contribution in [0.15, 0.2) is 48.5 Å². The van der Waals surface area contributed by atoms with Crippen molar-refractivity contribution in [2.24, 2.45) is 5.92 Å². The molecule has 0 amide bonds. The van der Waals surface area contributed by atoms with E-state index in [-0.39, 0.29) is 11.9 Å². The van der Waals surface area contributed by atoms with Crippen LogP contribution in [-0.4, -0.2) is 6.61 Å². The summed E-state index contributed by atoms with van der Waals surface area (Å²) in [6.45, 7) is 6.82. The quantitative estimate of drug-likeness (QED) is 0.804. The average molecular weight is 287 g/mol. The molecule has 0 spiro atoms. The minimum Gasteiger partial charge on any atom is -0.491 e. The van der Waals surface area contributed by atoms with E-state index in [0.29, 0.717) is 18.1 Å². The van der Waals surface area contributed by atoms with E-state index in [0.717, 1.165) is 11.4 Å². The van der Waals surface area contributed by atoms with Crippen molar-refractivity contribution in [3.8, 4) is 5.75 Å². The molecule has 2 nitrogen and oxygen atoms in total. The Labute approximate surface area is 126 Å². The molecule has 1 unspecified atom stereocenters. The third-order valence-corrected chi connectivity index (χ3v) is 3.20. The molecule has 1 atom stereocenters. The number of rotatable bonds is 6. The zero-order chi connectivity index (χ0) is 15.2. The van der Waals surface area contributed by atoms with Crippen LogP contribution < -0.4 is 10.1 Å². The maximum absolute atomic E-state index is 13.8. The monoisotopic (exact) mass is 287 g/mol. The van der Waals surface area contributed by atoms with Crippen LogP contribution >= 0.6 is 0 Å². The van der Waals surface area contributed by atoms with Crippen LogP contribution in [-0.2, 0) is 0 Å². The molecule has 2 rings (SSSR count). The topological polar surface area (TPSA) is 21.3 Å². The molecule has 3 heteroatoms. The fourth-order valence-electron chi connectivity index (χ4n) is 2.11. The smallest absolute Gasteiger partial charge is 0.142 e. The Morgan fingerprint density at radius 1 is 1.00 bits per heavy atom. The van der Waals surface area contributed by atoms with E-state index >= 15 is 0 Å². The molecule has 0 aliphatic carbocycles. The highest BCUT2D eigenvalue weighted by Crippen LogP contribution is 2.29. The first-order valence-corrected chi connectivity index (χ1v) is 7.30. The zero-order valence-electron chi connectivity index (χ0n) is 12.8. The lowest BCUT2D eigenvalue weighted by molar-refractivity contribution is 0.272. The predicted octanol–water partition coefficient (Wildman–Crippen LogP) is 5.03. The van der Waals surface area contributed by atoms with Crippen molar-refractivity contribution >= 4 is 5.69 Å². The Hall–Kier alpha value is -2.03. The van der Waals surface area contributed by atoms with Gasteiger partial charge in [0.2, 0.25) is 0 Å². The first-order valence-electron chi connectivity index (χ1n) is 7.30. The molecule has 0 heterocycles. The molecule has 0 bridgehead atoms. The van der Waals surface area contributed by atoms with Crippen molar-refractivity contribution < 1.29 is 9.13 Å². The standard InChI is InChI=1S/C18H22FNO/c1-13(2)12-21-18-11-7-6-10-17(18)20-14(3)15-8-4-5-9-16(15)19/h4-11,13-14,20H,12H2,1-3H3. The summed E-state index contributed by atoms with van der Waals surface area (Å²) in [5.41, 5.74) is 1.53. The Bertz CT molecular complexity index is 583. The van der Waals surface area contributed by atoms with Gasteiger partial charge in [0.15, 0.2) is 0 Å². The number of para-hydroxylation sites is 2. The lowest BCUT2D eigenvalue weighted by Gasteiger charge is -2.19. The second-order valence-electron chi connectivity index (χ2n) is 5.59. The lowest BCUT2D eigenvalue weighted by atomic mass is 10.1. The Morgan fingerprint density at radius 3 is 2.38 bits per heavy atom. The van der Waals surface area contributed by atoms with E-state index < -0.39 is 0 Å². The Morgan fingerprint density at radius 2 is 1.67 bits per heavy atom. The van der Waals surface area contributed by atoms with E-state index in [1.807, 2.05) is 37.3 Å². The fourth-order valence-corrected chi connectivity index (χ4v) is 2.11. The molecule has 0 aliphatic heterocycles. The number of hydrogen-bond donors (Lipinski definition) is 1. The summed E-state index contributed by atoms with van der Waals surface area (Å²) >= 11 is 0. The highest BCUT2D eigenvalue weighted by Gasteiger charge is 2.12. The van der Waals surface area contributed by atoms with Crippen molar-refractivity contribution in [2.45, 2.75) is 26.8 Å². The van der Waals surface area contributed by atoms with Gasteiger partial charge < -0.3 is 10.1 Å². The summed E-state index contributed by atoms with van der Waals surface area (Å²) in [5, 5.41) is 3.33. The number of anilines is 1. The molecule has 21 heavy (non-hydrogen) atoms. The molecule has 0 radical (unpaired) electrons. The SMILES string of the molecule is CC(C)COc1ccccc1NC(C)c1ccccc1F. The van der Waals surface area contributed by atoms with Gasteiger partial charge in [-0.1, -0.05) is 44.2 Å². The molecule has 0 saturated heterocycles. The minimum absolute atomic E-state index is 0.130. The summed E-state index contributed by atoms with van der Waals surface area (Å²) in [6, 6.07) is 14.5. The van der Waals surface area contributed by atoms with Crippen LogP contribution in [0.5, 0.6) is 5.75 Å². The highest BCUT2D eigenvalue weighted by molar-refractivity contribution is 5.57. The van der Waals surface area contributed by atoms with Crippen LogP contribution in [0, 0.1) is 11.7 Å². The van der Waals surface area contributed by atoms with Gasteiger partial charge in [0.25, 0.3) is 0 Å². The van der Waals surface area contributed by atoms with Crippen molar-refractivity contribution in [3.05, 3.63) is 59.9 Å². The van der Waals surface area contributed by atoms with Gasteiger partial charge in [-0.15, -0.1) is 0 Å². The first-order chi connectivity index (χ1) is 10.1. The van der Waals surface area contributed by atoms with Gasteiger partial charge in [-0.25, -0.2) is 4.39 Å². The highest BCUT2D eigenvalue weighted by atomic mass is 19.1. The van der Waals surface area contributed by atoms with E-state index in [1.54, 1.807) is 12.1 Å². The molecule has 0 fully saturated rings. The molecule has 0 aliphatic rings. The van der Waals surface area contributed by atoms with Crippen LogP contribution in [0.4, 0.5) is 10.1 Å². The van der Waals surface area contributed by atoms with Gasteiger partial charge in [0, 0.05) is 5.56 Å².